The molecule has 98 valence electrons. The summed E-state index contributed by atoms with van der Waals surface area (Å²) in [5.41, 5.74) is 0.240. The first-order valence-corrected chi connectivity index (χ1v) is 6.03. The van der Waals surface area contributed by atoms with Crippen molar-refractivity contribution in [3.63, 3.8) is 0 Å². The van der Waals surface area contributed by atoms with Gasteiger partial charge in [0.2, 0.25) is 0 Å². The van der Waals surface area contributed by atoms with E-state index in [1.54, 1.807) is 6.92 Å². The summed E-state index contributed by atoms with van der Waals surface area (Å²) in [4.78, 5) is 26.2. The zero-order chi connectivity index (χ0) is 13.7. The van der Waals surface area contributed by atoms with E-state index >= 15 is 0 Å². The maximum atomic E-state index is 11.7. The number of nitrogens with zero attached hydrogens (tertiary/aromatic N) is 1. The Kier molecular flexibility index (Phi) is 5.37. The lowest BCUT2D eigenvalue weighted by atomic mass is 10.1. The third kappa shape index (κ3) is 3.85. The summed E-state index contributed by atoms with van der Waals surface area (Å²) in [7, 11) is 0. The maximum absolute atomic E-state index is 11.7. The molecule has 7 heteroatoms. The molecule has 1 unspecified atom stereocenters. The highest BCUT2D eigenvalue weighted by Gasteiger charge is 2.17. The number of aromatic nitrogens is 1. The Morgan fingerprint density at radius 3 is 2.67 bits per heavy atom. The maximum Gasteiger partial charge on any atom is 0.308 e. The lowest BCUT2D eigenvalue weighted by Crippen LogP contribution is -2.32. The molecule has 0 saturated heterocycles. The summed E-state index contributed by atoms with van der Waals surface area (Å²) >= 11 is 11.4. The molecular weight excluding hydrogens is 279 g/mol. The van der Waals surface area contributed by atoms with Gasteiger partial charge in [0.05, 0.1) is 16.5 Å². The van der Waals surface area contributed by atoms with Gasteiger partial charge >= 0.3 is 5.97 Å². The van der Waals surface area contributed by atoms with Crippen molar-refractivity contribution in [3.05, 3.63) is 28.0 Å². The molecule has 1 aromatic rings. The third-order valence-corrected chi connectivity index (χ3v) is 3.10. The van der Waals surface area contributed by atoms with E-state index < -0.39 is 17.8 Å². The summed E-state index contributed by atoms with van der Waals surface area (Å²) in [6.45, 7) is 1.80. The van der Waals surface area contributed by atoms with Crippen molar-refractivity contribution in [3.8, 4) is 0 Å². The number of carboxylic acid groups (broad SMARTS) is 1. The summed E-state index contributed by atoms with van der Waals surface area (Å²) in [6, 6.07) is 1.38. The van der Waals surface area contributed by atoms with Gasteiger partial charge < -0.3 is 10.4 Å². The third-order valence-electron chi connectivity index (χ3n) is 2.41. The van der Waals surface area contributed by atoms with E-state index in [1.165, 1.54) is 12.3 Å². The number of carbonyl (C=O) groups is 2. The summed E-state index contributed by atoms with van der Waals surface area (Å²) in [5.74, 6) is -1.98. The average Bonchev–Trinajstić information content (AvgIpc) is 2.32. The standard InChI is InChI=1S/C11H12Cl2N2O3/c1-2-6(11(17)18)4-15-10(16)7-3-8(12)9(13)14-5-7/h3,5-6H,2,4H2,1H3,(H,15,16)(H,17,18). The quantitative estimate of drug-likeness (QED) is 0.815. The molecule has 1 atom stereocenters. The van der Waals surface area contributed by atoms with Crippen molar-refractivity contribution in [2.75, 3.05) is 6.54 Å². The highest BCUT2D eigenvalue weighted by molar-refractivity contribution is 6.41. The Labute approximate surface area is 114 Å². The van der Waals surface area contributed by atoms with E-state index in [2.05, 4.69) is 10.3 Å². The van der Waals surface area contributed by atoms with Gasteiger partial charge in [0.1, 0.15) is 5.15 Å². The first-order chi connectivity index (χ1) is 8.45. The molecule has 0 saturated carbocycles. The normalized spacial score (nSPS) is 11.9. The number of nitrogens with one attached hydrogen (secondary N) is 1. The van der Waals surface area contributed by atoms with Crippen molar-refractivity contribution >= 4 is 35.1 Å². The fraction of sp³-hybridized carbons (Fsp3) is 0.364. The fourth-order valence-electron chi connectivity index (χ4n) is 1.27. The molecule has 1 heterocycles. The summed E-state index contributed by atoms with van der Waals surface area (Å²) < 4.78 is 0. The number of pyridine rings is 1. The van der Waals surface area contributed by atoms with Crippen LogP contribution in [-0.2, 0) is 4.79 Å². The Morgan fingerprint density at radius 2 is 2.17 bits per heavy atom. The molecule has 0 aliphatic carbocycles. The van der Waals surface area contributed by atoms with Gasteiger partial charge in [0.25, 0.3) is 5.91 Å². The Bertz CT molecular complexity index is 466. The molecule has 0 aromatic carbocycles. The first-order valence-electron chi connectivity index (χ1n) is 5.27. The van der Waals surface area contributed by atoms with E-state index in [-0.39, 0.29) is 22.3 Å². The SMILES string of the molecule is CCC(CNC(=O)c1cnc(Cl)c(Cl)c1)C(=O)O. The van der Waals surface area contributed by atoms with E-state index in [9.17, 15) is 9.59 Å². The number of halogens is 2. The van der Waals surface area contributed by atoms with Gasteiger partial charge in [-0.05, 0) is 12.5 Å². The van der Waals surface area contributed by atoms with E-state index in [0.29, 0.717) is 6.42 Å². The van der Waals surface area contributed by atoms with Crippen LogP contribution in [0.4, 0.5) is 0 Å². The molecule has 1 amide bonds. The van der Waals surface area contributed by atoms with Crippen LogP contribution in [0.25, 0.3) is 0 Å². The number of hydrogen-bond donors (Lipinski definition) is 2. The predicted molar refractivity (Wildman–Crippen MR) is 68.0 cm³/mol. The smallest absolute Gasteiger partial charge is 0.308 e. The molecule has 0 radical (unpaired) electrons. The minimum atomic E-state index is -0.940. The van der Waals surface area contributed by atoms with Gasteiger partial charge in [0.15, 0.2) is 0 Å². The molecule has 0 aliphatic heterocycles. The minimum Gasteiger partial charge on any atom is -0.481 e. The zero-order valence-corrected chi connectivity index (χ0v) is 11.1. The zero-order valence-electron chi connectivity index (χ0n) is 9.61. The number of rotatable bonds is 5. The number of carboxylic acids is 1. The number of aliphatic carboxylic acids is 1. The van der Waals surface area contributed by atoms with Crippen LogP contribution in [0.1, 0.15) is 23.7 Å². The molecule has 0 bridgehead atoms. The largest absolute Gasteiger partial charge is 0.481 e. The van der Waals surface area contributed by atoms with E-state index in [4.69, 9.17) is 28.3 Å². The molecule has 0 fully saturated rings. The van der Waals surface area contributed by atoms with Crippen molar-refractivity contribution < 1.29 is 14.7 Å². The van der Waals surface area contributed by atoms with Crippen molar-refractivity contribution in [1.82, 2.24) is 10.3 Å². The molecule has 0 spiro atoms. The Hall–Kier alpha value is -1.33. The molecule has 2 N–H and O–H groups in total. The van der Waals surface area contributed by atoms with Crippen LogP contribution in [-0.4, -0.2) is 28.5 Å². The second kappa shape index (κ2) is 6.56. The van der Waals surface area contributed by atoms with Gasteiger partial charge in [-0.2, -0.15) is 0 Å². The molecule has 18 heavy (non-hydrogen) atoms. The van der Waals surface area contributed by atoms with E-state index in [1.807, 2.05) is 0 Å². The summed E-state index contributed by atoms with van der Waals surface area (Å²) in [5, 5.41) is 11.6. The minimum absolute atomic E-state index is 0.0604. The van der Waals surface area contributed by atoms with Crippen molar-refractivity contribution in [1.29, 1.82) is 0 Å². The number of hydrogen-bond acceptors (Lipinski definition) is 3. The summed E-state index contributed by atoms with van der Waals surface area (Å²) in [6.07, 6.45) is 1.72. The average molecular weight is 291 g/mol. The lowest BCUT2D eigenvalue weighted by molar-refractivity contribution is -0.141. The van der Waals surface area contributed by atoms with Crippen LogP contribution in [0, 0.1) is 5.92 Å². The van der Waals surface area contributed by atoms with Gasteiger partial charge in [-0.1, -0.05) is 30.1 Å². The Balaban J connectivity index is 2.65. The van der Waals surface area contributed by atoms with Crippen LogP contribution >= 0.6 is 23.2 Å². The van der Waals surface area contributed by atoms with Crippen LogP contribution in [0.15, 0.2) is 12.3 Å². The highest BCUT2D eigenvalue weighted by Crippen LogP contribution is 2.19. The Morgan fingerprint density at radius 1 is 1.50 bits per heavy atom. The van der Waals surface area contributed by atoms with Gasteiger partial charge in [-0.15, -0.1) is 0 Å². The number of amides is 1. The molecule has 1 aromatic heterocycles. The fourth-order valence-corrected chi connectivity index (χ4v) is 1.54. The van der Waals surface area contributed by atoms with Gasteiger partial charge in [0, 0.05) is 12.7 Å². The topological polar surface area (TPSA) is 79.3 Å². The van der Waals surface area contributed by atoms with E-state index in [0.717, 1.165) is 0 Å². The lowest BCUT2D eigenvalue weighted by Gasteiger charge is -2.11. The molecule has 1 rings (SSSR count). The van der Waals surface area contributed by atoms with Crippen molar-refractivity contribution in [2.45, 2.75) is 13.3 Å². The number of carbonyl (C=O) groups excluding carboxylic acids is 1. The van der Waals surface area contributed by atoms with Gasteiger partial charge in [-0.3, -0.25) is 9.59 Å². The predicted octanol–water partition coefficient (Wildman–Crippen LogP) is 2.23. The van der Waals surface area contributed by atoms with Crippen LogP contribution < -0.4 is 5.32 Å². The van der Waals surface area contributed by atoms with Crippen LogP contribution in [0.5, 0.6) is 0 Å². The van der Waals surface area contributed by atoms with Crippen molar-refractivity contribution in [2.24, 2.45) is 5.92 Å². The second-order valence-electron chi connectivity index (χ2n) is 3.65. The molecule has 5 nitrogen and oxygen atoms in total. The highest BCUT2D eigenvalue weighted by atomic mass is 35.5. The first kappa shape index (κ1) is 14.7. The second-order valence-corrected chi connectivity index (χ2v) is 4.42. The van der Waals surface area contributed by atoms with Crippen LogP contribution in [0.3, 0.4) is 0 Å². The van der Waals surface area contributed by atoms with Crippen LogP contribution in [0.2, 0.25) is 10.2 Å². The van der Waals surface area contributed by atoms with Gasteiger partial charge in [-0.25, -0.2) is 4.98 Å². The monoisotopic (exact) mass is 290 g/mol. The molecule has 0 aliphatic rings. The molecular formula is C11H12Cl2N2O3.